The predicted molar refractivity (Wildman–Crippen MR) is 177 cm³/mol. The second kappa shape index (κ2) is 9.66. The van der Waals surface area contributed by atoms with Crippen LogP contribution in [0.3, 0.4) is 0 Å². The Morgan fingerprint density at radius 3 is 1.69 bits per heavy atom. The van der Waals surface area contributed by atoms with E-state index in [2.05, 4.69) is 84.9 Å². The molecule has 0 aliphatic carbocycles. The van der Waals surface area contributed by atoms with Crippen LogP contribution in [0.2, 0.25) is 0 Å². The van der Waals surface area contributed by atoms with Gasteiger partial charge in [0.2, 0.25) is 9.84 Å². The van der Waals surface area contributed by atoms with E-state index in [1.165, 1.54) is 30.9 Å². The molecule has 4 heteroatoms. The predicted octanol–water partition coefficient (Wildman–Crippen LogP) is 10.5. The standard InChI is InChI=1S/C38H24O2S2/c39-42(40,28-20-16-25(17-21-28)31-13-7-14-35-34-12-5-6-15-37(34)41-38(31)35)29-22-18-26(19-23-29)36-24-27-8-1-2-9-30(27)32-10-3-4-11-33(32)36/h1-24H. The lowest BCUT2D eigenvalue weighted by Crippen LogP contribution is -2.01. The summed E-state index contributed by atoms with van der Waals surface area (Å²) in [4.78, 5) is 0.578. The zero-order valence-corrected chi connectivity index (χ0v) is 24.1. The Hall–Kier alpha value is -4.77. The lowest BCUT2D eigenvalue weighted by atomic mass is 9.93. The molecule has 1 aromatic heterocycles. The quantitative estimate of drug-likeness (QED) is 0.195. The van der Waals surface area contributed by atoms with Gasteiger partial charge in [0.1, 0.15) is 0 Å². The molecule has 8 rings (SSSR count). The van der Waals surface area contributed by atoms with Crippen molar-refractivity contribution < 1.29 is 8.42 Å². The molecule has 0 saturated carbocycles. The first-order valence-electron chi connectivity index (χ1n) is 13.8. The largest absolute Gasteiger partial charge is 0.219 e. The van der Waals surface area contributed by atoms with Gasteiger partial charge in [0.25, 0.3) is 0 Å². The first kappa shape index (κ1) is 25.0. The number of benzene rings is 7. The van der Waals surface area contributed by atoms with E-state index in [9.17, 15) is 8.42 Å². The minimum atomic E-state index is -3.67. The molecule has 8 aromatic rings. The van der Waals surface area contributed by atoms with Crippen LogP contribution in [0.1, 0.15) is 0 Å². The topological polar surface area (TPSA) is 34.1 Å². The Labute approximate surface area is 248 Å². The summed E-state index contributed by atoms with van der Waals surface area (Å²) in [7, 11) is -3.67. The summed E-state index contributed by atoms with van der Waals surface area (Å²) in [5, 5.41) is 7.19. The van der Waals surface area contributed by atoms with E-state index in [-0.39, 0.29) is 4.90 Å². The fourth-order valence-electron chi connectivity index (χ4n) is 6.03. The van der Waals surface area contributed by atoms with E-state index in [0.717, 1.165) is 33.0 Å². The lowest BCUT2D eigenvalue weighted by Gasteiger charge is -2.12. The maximum absolute atomic E-state index is 13.6. The minimum absolute atomic E-state index is 0.288. The van der Waals surface area contributed by atoms with Gasteiger partial charge < -0.3 is 0 Å². The molecule has 0 fully saturated rings. The average Bonchev–Trinajstić information content (AvgIpc) is 3.43. The zero-order valence-electron chi connectivity index (χ0n) is 22.5. The van der Waals surface area contributed by atoms with Crippen LogP contribution >= 0.6 is 11.3 Å². The molecule has 200 valence electrons. The van der Waals surface area contributed by atoms with Crippen molar-refractivity contribution in [3.8, 4) is 22.3 Å². The number of hydrogen-bond donors (Lipinski definition) is 0. The van der Waals surface area contributed by atoms with Crippen molar-refractivity contribution in [2.75, 3.05) is 0 Å². The second-order valence-electron chi connectivity index (χ2n) is 10.5. The molecule has 0 spiro atoms. The molecule has 1 heterocycles. The third-order valence-electron chi connectivity index (χ3n) is 8.12. The van der Waals surface area contributed by atoms with Crippen LogP contribution in [0.25, 0.3) is 64.0 Å². The maximum atomic E-state index is 13.6. The van der Waals surface area contributed by atoms with Crippen molar-refractivity contribution in [1.82, 2.24) is 0 Å². The molecule has 0 unspecified atom stereocenters. The number of sulfone groups is 1. The minimum Gasteiger partial charge on any atom is -0.219 e. The van der Waals surface area contributed by atoms with Crippen LogP contribution in [0.4, 0.5) is 0 Å². The molecule has 42 heavy (non-hydrogen) atoms. The van der Waals surface area contributed by atoms with Crippen LogP contribution in [-0.2, 0) is 9.84 Å². The van der Waals surface area contributed by atoms with Gasteiger partial charge in [-0.1, -0.05) is 109 Å². The molecular weight excluding hydrogens is 553 g/mol. The third-order valence-corrected chi connectivity index (χ3v) is 11.1. The van der Waals surface area contributed by atoms with Gasteiger partial charge in [-0.05, 0) is 80.2 Å². The van der Waals surface area contributed by atoms with Crippen LogP contribution in [0.5, 0.6) is 0 Å². The van der Waals surface area contributed by atoms with Gasteiger partial charge in [-0.3, -0.25) is 0 Å². The number of hydrogen-bond acceptors (Lipinski definition) is 3. The van der Waals surface area contributed by atoms with Crippen molar-refractivity contribution in [2.45, 2.75) is 9.79 Å². The first-order chi connectivity index (χ1) is 20.6. The van der Waals surface area contributed by atoms with Gasteiger partial charge in [0, 0.05) is 20.2 Å². The Kier molecular flexibility index (Phi) is 5.74. The monoisotopic (exact) mass is 576 g/mol. The van der Waals surface area contributed by atoms with Crippen LogP contribution < -0.4 is 0 Å². The summed E-state index contributed by atoms with van der Waals surface area (Å²) in [5.41, 5.74) is 4.20. The van der Waals surface area contributed by atoms with Crippen LogP contribution in [-0.4, -0.2) is 8.42 Å². The van der Waals surface area contributed by atoms with E-state index in [1.807, 2.05) is 36.4 Å². The molecule has 0 bridgehead atoms. The highest BCUT2D eigenvalue weighted by atomic mass is 32.2. The summed E-state index contributed by atoms with van der Waals surface area (Å²) in [6.45, 7) is 0. The normalized spacial score (nSPS) is 12.0. The van der Waals surface area contributed by atoms with Crippen molar-refractivity contribution in [3.05, 3.63) is 146 Å². The van der Waals surface area contributed by atoms with Gasteiger partial charge in [-0.2, -0.15) is 0 Å². The van der Waals surface area contributed by atoms with Crippen molar-refractivity contribution in [3.63, 3.8) is 0 Å². The Morgan fingerprint density at radius 1 is 0.429 bits per heavy atom. The molecule has 0 aliphatic heterocycles. The SMILES string of the molecule is O=S(=O)(c1ccc(-c2cc3ccccc3c3ccccc23)cc1)c1ccc(-c2cccc3c2sc2ccccc23)cc1. The fourth-order valence-corrected chi connectivity index (χ4v) is 8.53. The highest BCUT2D eigenvalue weighted by molar-refractivity contribution is 7.91. The van der Waals surface area contributed by atoms with E-state index in [0.29, 0.717) is 4.90 Å². The highest BCUT2D eigenvalue weighted by Crippen LogP contribution is 2.40. The van der Waals surface area contributed by atoms with Gasteiger partial charge in [0.05, 0.1) is 9.79 Å². The van der Waals surface area contributed by atoms with E-state index >= 15 is 0 Å². The molecule has 0 atom stereocenters. The second-order valence-corrected chi connectivity index (χ2v) is 13.5. The van der Waals surface area contributed by atoms with Crippen molar-refractivity contribution in [1.29, 1.82) is 0 Å². The van der Waals surface area contributed by atoms with E-state index in [1.54, 1.807) is 35.6 Å². The van der Waals surface area contributed by atoms with Crippen LogP contribution in [0, 0.1) is 0 Å². The molecular formula is C38H24O2S2. The highest BCUT2D eigenvalue weighted by Gasteiger charge is 2.19. The Balaban J connectivity index is 1.15. The number of rotatable bonds is 4. The molecule has 0 saturated heterocycles. The summed E-state index contributed by atoms with van der Waals surface area (Å²) >= 11 is 1.77. The first-order valence-corrected chi connectivity index (χ1v) is 16.1. The molecule has 0 radical (unpaired) electrons. The molecule has 2 nitrogen and oxygen atoms in total. The summed E-state index contributed by atoms with van der Waals surface area (Å²) < 4.78 is 29.8. The van der Waals surface area contributed by atoms with Gasteiger partial charge >= 0.3 is 0 Å². The van der Waals surface area contributed by atoms with E-state index < -0.39 is 9.84 Å². The average molecular weight is 577 g/mol. The zero-order chi connectivity index (χ0) is 28.3. The Morgan fingerprint density at radius 2 is 0.976 bits per heavy atom. The van der Waals surface area contributed by atoms with Gasteiger partial charge in [0.15, 0.2) is 0 Å². The summed E-state index contributed by atoms with van der Waals surface area (Å²) in [5.74, 6) is 0. The smallest absolute Gasteiger partial charge is 0.206 e. The summed E-state index contributed by atoms with van der Waals surface area (Å²) in [6, 6.07) is 48.3. The van der Waals surface area contributed by atoms with Gasteiger partial charge in [-0.15, -0.1) is 11.3 Å². The number of thiophene rings is 1. The number of fused-ring (bicyclic) bond motifs is 6. The molecule has 0 N–H and O–H groups in total. The van der Waals surface area contributed by atoms with E-state index in [4.69, 9.17) is 0 Å². The molecule has 0 amide bonds. The third kappa shape index (κ3) is 3.95. The fraction of sp³-hybridized carbons (Fsp3) is 0. The molecule has 7 aromatic carbocycles. The lowest BCUT2D eigenvalue weighted by molar-refractivity contribution is 0.596. The Bertz CT molecular complexity index is 2400. The van der Waals surface area contributed by atoms with Crippen LogP contribution in [0.15, 0.2) is 155 Å². The van der Waals surface area contributed by atoms with Crippen molar-refractivity contribution in [2.24, 2.45) is 0 Å². The van der Waals surface area contributed by atoms with Crippen molar-refractivity contribution >= 4 is 62.9 Å². The summed E-state index contributed by atoms with van der Waals surface area (Å²) in [6.07, 6.45) is 0. The van der Waals surface area contributed by atoms with Gasteiger partial charge in [-0.25, -0.2) is 8.42 Å². The maximum Gasteiger partial charge on any atom is 0.206 e. The molecule has 0 aliphatic rings.